The van der Waals surface area contributed by atoms with Gasteiger partial charge in [0.2, 0.25) is 0 Å². The number of hydrogen-bond donors (Lipinski definition) is 0. The summed E-state index contributed by atoms with van der Waals surface area (Å²) in [5.74, 6) is 0. The summed E-state index contributed by atoms with van der Waals surface area (Å²) < 4.78 is 5.27. The highest BCUT2D eigenvalue weighted by atomic mass is 16.5. The number of likely N-dealkylation sites (N-methyl/N-ethyl adjacent to an activating group) is 1. The topological polar surface area (TPSA) is 12.5 Å². The monoisotopic (exact) mass is 183 g/mol. The molecule has 0 unspecified atom stereocenters. The lowest BCUT2D eigenvalue weighted by Gasteiger charge is -2.43. The molecule has 13 heavy (non-hydrogen) atoms. The number of nitrogens with zero attached hydrogens (tertiary/aromatic N) is 1. The summed E-state index contributed by atoms with van der Waals surface area (Å²) in [5.41, 5.74) is 0. The highest BCUT2D eigenvalue weighted by Crippen LogP contribution is 2.25. The van der Waals surface area contributed by atoms with Gasteiger partial charge in [0.15, 0.2) is 0 Å². The summed E-state index contributed by atoms with van der Waals surface area (Å²) in [6, 6.07) is 1.61. The summed E-state index contributed by atoms with van der Waals surface area (Å²) in [6.07, 6.45) is 7.17. The van der Waals surface area contributed by atoms with E-state index < -0.39 is 0 Å². The van der Waals surface area contributed by atoms with Crippen LogP contribution < -0.4 is 0 Å². The zero-order chi connectivity index (χ0) is 9.10. The standard InChI is InChI=1S/C11H21NO/c1-2-12(11-8-13-9-11)10-6-4-3-5-7-10/h10-11H,2-9H2,1H3. The molecule has 1 heterocycles. The molecule has 0 atom stereocenters. The van der Waals surface area contributed by atoms with E-state index in [2.05, 4.69) is 11.8 Å². The average molecular weight is 183 g/mol. The molecule has 0 radical (unpaired) electrons. The second-order valence-electron chi connectivity index (χ2n) is 4.31. The van der Waals surface area contributed by atoms with E-state index in [-0.39, 0.29) is 0 Å². The molecule has 1 aliphatic carbocycles. The van der Waals surface area contributed by atoms with Crippen LogP contribution in [0.2, 0.25) is 0 Å². The molecule has 76 valence electrons. The fraction of sp³-hybridized carbons (Fsp3) is 1.00. The molecule has 0 spiro atoms. The first-order valence-electron chi connectivity index (χ1n) is 5.75. The van der Waals surface area contributed by atoms with Crippen molar-refractivity contribution >= 4 is 0 Å². The quantitative estimate of drug-likeness (QED) is 0.664. The van der Waals surface area contributed by atoms with E-state index in [1.54, 1.807) is 0 Å². The normalized spacial score (nSPS) is 26.3. The zero-order valence-electron chi connectivity index (χ0n) is 8.67. The van der Waals surface area contributed by atoms with E-state index in [4.69, 9.17) is 4.74 Å². The first kappa shape index (κ1) is 9.47. The molecule has 0 amide bonds. The lowest BCUT2D eigenvalue weighted by atomic mass is 9.93. The Morgan fingerprint density at radius 2 is 1.77 bits per heavy atom. The summed E-state index contributed by atoms with van der Waals surface area (Å²) in [7, 11) is 0. The van der Waals surface area contributed by atoms with Gasteiger partial charge in [-0.1, -0.05) is 26.2 Å². The lowest BCUT2D eigenvalue weighted by Crippen LogP contribution is -2.53. The van der Waals surface area contributed by atoms with Crippen LogP contribution in [0.25, 0.3) is 0 Å². The van der Waals surface area contributed by atoms with Crippen LogP contribution in [0.5, 0.6) is 0 Å². The lowest BCUT2D eigenvalue weighted by molar-refractivity contribution is -0.0818. The van der Waals surface area contributed by atoms with Crippen molar-refractivity contribution in [3.05, 3.63) is 0 Å². The summed E-state index contributed by atoms with van der Waals surface area (Å²) in [6.45, 7) is 5.44. The minimum atomic E-state index is 0.744. The van der Waals surface area contributed by atoms with Crippen molar-refractivity contribution in [1.29, 1.82) is 0 Å². The van der Waals surface area contributed by atoms with Crippen molar-refractivity contribution in [1.82, 2.24) is 4.90 Å². The van der Waals surface area contributed by atoms with Gasteiger partial charge in [-0.15, -0.1) is 0 Å². The minimum absolute atomic E-state index is 0.744. The van der Waals surface area contributed by atoms with E-state index in [1.165, 1.54) is 38.6 Å². The first-order chi connectivity index (χ1) is 6.42. The molecule has 0 bridgehead atoms. The van der Waals surface area contributed by atoms with Gasteiger partial charge in [0.1, 0.15) is 0 Å². The van der Waals surface area contributed by atoms with E-state index in [9.17, 15) is 0 Å². The smallest absolute Gasteiger partial charge is 0.0645 e. The second kappa shape index (κ2) is 4.43. The third-order valence-electron chi connectivity index (χ3n) is 3.50. The third-order valence-corrected chi connectivity index (χ3v) is 3.50. The van der Waals surface area contributed by atoms with Crippen LogP contribution in [0.4, 0.5) is 0 Å². The minimum Gasteiger partial charge on any atom is -0.378 e. The van der Waals surface area contributed by atoms with Gasteiger partial charge in [-0.3, -0.25) is 4.90 Å². The van der Waals surface area contributed by atoms with Crippen LogP contribution in [0, 0.1) is 0 Å². The Hall–Kier alpha value is -0.0800. The molecule has 1 saturated carbocycles. The zero-order valence-corrected chi connectivity index (χ0v) is 8.67. The molecule has 2 fully saturated rings. The highest BCUT2D eigenvalue weighted by Gasteiger charge is 2.30. The van der Waals surface area contributed by atoms with Crippen molar-refractivity contribution in [2.75, 3.05) is 19.8 Å². The van der Waals surface area contributed by atoms with Crippen molar-refractivity contribution in [3.63, 3.8) is 0 Å². The molecule has 0 aromatic carbocycles. The van der Waals surface area contributed by atoms with Crippen LogP contribution in [-0.2, 0) is 4.74 Å². The summed E-state index contributed by atoms with van der Waals surface area (Å²) in [4.78, 5) is 2.67. The Balaban J connectivity index is 1.86. The first-order valence-corrected chi connectivity index (χ1v) is 5.75. The molecular weight excluding hydrogens is 162 g/mol. The van der Waals surface area contributed by atoms with E-state index in [0.717, 1.165) is 25.3 Å². The fourth-order valence-electron chi connectivity index (χ4n) is 2.64. The van der Waals surface area contributed by atoms with Gasteiger partial charge in [0, 0.05) is 6.04 Å². The Kier molecular flexibility index (Phi) is 3.23. The maximum absolute atomic E-state index is 5.27. The predicted molar refractivity (Wildman–Crippen MR) is 53.9 cm³/mol. The van der Waals surface area contributed by atoms with Gasteiger partial charge in [-0.25, -0.2) is 0 Å². The fourth-order valence-corrected chi connectivity index (χ4v) is 2.64. The van der Waals surface area contributed by atoms with Gasteiger partial charge in [0.25, 0.3) is 0 Å². The molecule has 2 aliphatic rings. The van der Waals surface area contributed by atoms with Crippen molar-refractivity contribution < 1.29 is 4.74 Å². The van der Waals surface area contributed by atoms with Gasteiger partial charge in [-0.2, -0.15) is 0 Å². The van der Waals surface area contributed by atoms with E-state index >= 15 is 0 Å². The molecule has 0 aromatic rings. The van der Waals surface area contributed by atoms with Crippen molar-refractivity contribution in [2.24, 2.45) is 0 Å². The van der Waals surface area contributed by atoms with Crippen molar-refractivity contribution in [2.45, 2.75) is 51.1 Å². The van der Waals surface area contributed by atoms with Crippen molar-refractivity contribution in [3.8, 4) is 0 Å². The largest absolute Gasteiger partial charge is 0.378 e. The van der Waals surface area contributed by atoms with Crippen LogP contribution in [0.1, 0.15) is 39.0 Å². The number of rotatable bonds is 3. The molecule has 1 aliphatic heterocycles. The van der Waals surface area contributed by atoms with Crippen LogP contribution >= 0.6 is 0 Å². The Morgan fingerprint density at radius 1 is 1.08 bits per heavy atom. The van der Waals surface area contributed by atoms with Gasteiger partial charge in [-0.05, 0) is 19.4 Å². The Bertz CT molecular complexity index is 150. The maximum Gasteiger partial charge on any atom is 0.0645 e. The number of ether oxygens (including phenoxy) is 1. The van der Waals surface area contributed by atoms with Gasteiger partial charge >= 0.3 is 0 Å². The molecular formula is C11H21NO. The SMILES string of the molecule is CCN(C1CCCCC1)C1COC1. The number of hydrogen-bond acceptors (Lipinski definition) is 2. The van der Waals surface area contributed by atoms with Crippen LogP contribution in [0.3, 0.4) is 0 Å². The Morgan fingerprint density at radius 3 is 2.23 bits per heavy atom. The molecule has 0 N–H and O–H groups in total. The summed E-state index contributed by atoms with van der Waals surface area (Å²) >= 11 is 0. The molecule has 2 nitrogen and oxygen atoms in total. The second-order valence-corrected chi connectivity index (χ2v) is 4.31. The highest BCUT2D eigenvalue weighted by molar-refractivity contribution is 4.84. The molecule has 0 aromatic heterocycles. The predicted octanol–water partition coefficient (Wildman–Crippen LogP) is 2.04. The van der Waals surface area contributed by atoms with E-state index in [0.29, 0.717) is 0 Å². The molecule has 1 saturated heterocycles. The Labute approximate surface area is 81.3 Å². The molecule has 2 heteroatoms. The van der Waals surface area contributed by atoms with E-state index in [1.807, 2.05) is 0 Å². The van der Waals surface area contributed by atoms with Crippen LogP contribution in [-0.4, -0.2) is 36.7 Å². The average Bonchev–Trinajstić information content (AvgIpc) is 2.12. The summed E-state index contributed by atoms with van der Waals surface area (Å²) in [5, 5.41) is 0. The third kappa shape index (κ3) is 2.05. The maximum atomic E-state index is 5.27. The molecule has 2 rings (SSSR count). The van der Waals surface area contributed by atoms with Gasteiger partial charge < -0.3 is 4.74 Å². The van der Waals surface area contributed by atoms with Crippen LogP contribution in [0.15, 0.2) is 0 Å². The van der Waals surface area contributed by atoms with Gasteiger partial charge in [0.05, 0.1) is 19.3 Å².